The molecule has 0 saturated carbocycles. The number of nitrogens with one attached hydrogen (secondary N) is 1. The third-order valence-electron chi connectivity index (χ3n) is 4.13. The molecule has 28 heavy (non-hydrogen) atoms. The van der Waals surface area contributed by atoms with Crippen molar-refractivity contribution in [2.45, 2.75) is 12.7 Å². The number of para-hydroxylation sites is 1. The Morgan fingerprint density at radius 2 is 1.82 bits per heavy atom. The lowest BCUT2D eigenvalue weighted by Gasteiger charge is -2.14. The quantitative estimate of drug-likeness (QED) is 0.614. The number of hydrogen-bond acceptors (Lipinski definition) is 3. The zero-order chi connectivity index (χ0) is 19.9. The van der Waals surface area contributed by atoms with E-state index in [1.165, 1.54) is 18.2 Å². The van der Waals surface area contributed by atoms with Gasteiger partial charge in [-0.15, -0.1) is 0 Å². The normalized spacial score (nSPS) is 11.7. The van der Waals surface area contributed by atoms with Crippen LogP contribution in [0.25, 0.3) is 0 Å². The highest BCUT2D eigenvalue weighted by molar-refractivity contribution is 6.30. The first kappa shape index (κ1) is 19.9. The van der Waals surface area contributed by atoms with Crippen molar-refractivity contribution in [3.8, 4) is 5.75 Å². The molecule has 3 aromatic carbocycles. The number of carbonyl (C=O) groups is 1. The maximum atomic E-state index is 13.3. The van der Waals surface area contributed by atoms with Crippen LogP contribution in [0.15, 0.2) is 72.8 Å². The number of rotatable bonds is 7. The molecule has 1 atom stereocenters. The molecule has 0 aliphatic rings. The van der Waals surface area contributed by atoms with Crippen LogP contribution in [0, 0.1) is 5.82 Å². The van der Waals surface area contributed by atoms with Crippen LogP contribution in [0.4, 0.5) is 4.39 Å². The van der Waals surface area contributed by atoms with Gasteiger partial charge in [-0.3, -0.25) is 4.79 Å². The molecule has 0 aliphatic heterocycles. The van der Waals surface area contributed by atoms with E-state index in [1.807, 2.05) is 12.1 Å². The van der Waals surface area contributed by atoms with E-state index in [2.05, 4.69) is 5.32 Å². The lowest BCUT2D eigenvalue weighted by molar-refractivity contribution is 0.0911. The Hall–Kier alpha value is -2.89. The van der Waals surface area contributed by atoms with Gasteiger partial charge in [-0.05, 0) is 47.5 Å². The summed E-state index contributed by atoms with van der Waals surface area (Å²) in [4.78, 5) is 12.5. The molecule has 1 unspecified atom stereocenters. The number of amides is 1. The Balaban J connectivity index is 1.62. The predicted octanol–water partition coefficient (Wildman–Crippen LogP) is 4.52. The SMILES string of the molecule is O=C(NCC(O)c1cccc(F)c1)c1ccccc1OCc1ccc(Cl)cc1. The Bertz CT molecular complexity index is 947. The topological polar surface area (TPSA) is 58.6 Å². The van der Waals surface area contributed by atoms with Gasteiger partial charge in [-0.1, -0.05) is 48.0 Å². The summed E-state index contributed by atoms with van der Waals surface area (Å²) < 4.78 is 19.0. The van der Waals surface area contributed by atoms with E-state index in [-0.39, 0.29) is 19.1 Å². The third-order valence-corrected chi connectivity index (χ3v) is 4.38. The van der Waals surface area contributed by atoms with Gasteiger partial charge in [0.15, 0.2) is 0 Å². The molecular weight excluding hydrogens is 381 g/mol. The Labute approximate surface area is 167 Å². The highest BCUT2D eigenvalue weighted by Gasteiger charge is 2.15. The molecule has 4 nitrogen and oxygen atoms in total. The summed E-state index contributed by atoms with van der Waals surface area (Å²) in [7, 11) is 0. The molecule has 2 N–H and O–H groups in total. The predicted molar refractivity (Wildman–Crippen MR) is 106 cm³/mol. The van der Waals surface area contributed by atoms with E-state index in [4.69, 9.17) is 16.3 Å². The largest absolute Gasteiger partial charge is 0.488 e. The van der Waals surface area contributed by atoms with E-state index in [1.54, 1.807) is 42.5 Å². The molecule has 144 valence electrons. The number of aliphatic hydroxyl groups is 1. The van der Waals surface area contributed by atoms with Gasteiger partial charge < -0.3 is 15.2 Å². The first-order chi connectivity index (χ1) is 13.5. The van der Waals surface area contributed by atoms with Gasteiger partial charge in [0.05, 0.1) is 11.7 Å². The Morgan fingerprint density at radius 1 is 1.07 bits per heavy atom. The molecule has 0 heterocycles. The maximum absolute atomic E-state index is 13.3. The fourth-order valence-electron chi connectivity index (χ4n) is 2.64. The van der Waals surface area contributed by atoms with Gasteiger partial charge in [0.1, 0.15) is 18.2 Å². The van der Waals surface area contributed by atoms with Crippen LogP contribution in [-0.2, 0) is 6.61 Å². The van der Waals surface area contributed by atoms with Crippen molar-refractivity contribution in [3.05, 3.63) is 100 Å². The second-order valence-electron chi connectivity index (χ2n) is 6.19. The van der Waals surface area contributed by atoms with Crippen LogP contribution in [0.2, 0.25) is 5.02 Å². The van der Waals surface area contributed by atoms with Crippen LogP contribution >= 0.6 is 11.6 Å². The molecule has 0 spiro atoms. The minimum Gasteiger partial charge on any atom is -0.488 e. The lowest BCUT2D eigenvalue weighted by atomic mass is 10.1. The van der Waals surface area contributed by atoms with Gasteiger partial charge in [0.2, 0.25) is 0 Å². The number of ether oxygens (including phenoxy) is 1. The number of carbonyl (C=O) groups excluding carboxylic acids is 1. The van der Waals surface area contributed by atoms with Crippen LogP contribution in [-0.4, -0.2) is 17.6 Å². The van der Waals surface area contributed by atoms with Crippen LogP contribution < -0.4 is 10.1 Å². The minimum atomic E-state index is -1.01. The molecule has 0 fully saturated rings. The molecule has 0 aromatic heterocycles. The van der Waals surface area contributed by atoms with Crippen molar-refractivity contribution >= 4 is 17.5 Å². The Morgan fingerprint density at radius 3 is 2.57 bits per heavy atom. The van der Waals surface area contributed by atoms with Gasteiger partial charge in [0.25, 0.3) is 5.91 Å². The van der Waals surface area contributed by atoms with Crippen LogP contribution in [0.5, 0.6) is 5.75 Å². The van der Waals surface area contributed by atoms with Crippen molar-refractivity contribution in [2.75, 3.05) is 6.54 Å². The highest BCUT2D eigenvalue weighted by Crippen LogP contribution is 2.20. The molecule has 0 saturated heterocycles. The molecule has 6 heteroatoms. The number of aliphatic hydroxyl groups excluding tert-OH is 1. The summed E-state index contributed by atoms with van der Waals surface area (Å²) in [5.74, 6) is -0.402. The second kappa shape index (κ2) is 9.35. The zero-order valence-corrected chi connectivity index (χ0v) is 15.7. The van der Waals surface area contributed by atoms with Crippen molar-refractivity contribution in [2.24, 2.45) is 0 Å². The van der Waals surface area contributed by atoms with Crippen molar-refractivity contribution < 1.29 is 19.0 Å². The molecule has 3 rings (SSSR count). The van der Waals surface area contributed by atoms with Gasteiger partial charge in [0, 0.05) is 11.6 Å². The van der Waals surface area contributed by atoms with E-state index in [9.17, 15) is 14.3 Å². The van der Waals surface area contributed by atoms with E-state index >= 15 is 0 Å². The number of hydrogen-bond donors (Lipinski definition) is 2. The van der Waals surface area contributed by atoms with Gasteiger partial charge in [-0.2, -0.15) is 0 Å². The first-order valence-corrected chi connectivity index (χ1v) is 9.09. The van der Waals surface area contributed by atoms with E-state index in [0.29, 0.717) is 21.9 Å². The summed E-state index contributed by atoms with van der Waals surface area (Å²) in [5.41, 5.74) is 1.66. The maximum Gasteiger partial charge on any atom is 0.255 e. The summed E-state index contributed by atoms with van der Waals surface area (Å²) in [6.07, 6.45) is -1.01. The third kappa shape index (κ3) is 5.31. The van der Waals surface area contributed by atoms with Crippen molar-refractivity contribution in [1.82, 2.24) is 5.32 Å². The fourth-order valence-corrected chi connectivity index (χ4v) is 2.76. The molecule has 1 amide bonds. The monoisotopic (exact) mass is 399 g/mol. The van der Waals surface area contributed by atoms with Gasteiger partial charge >= 0.3 is 0 Å². The van der Waals surface area contributed by atoms with E-state index in [0.717, 1.165) is 5.56 Å². The second-order valence-corrected chi connectivity index (χ2v) is 6.63. The molecule has 0 radical (unpaired) electrons. The first-order valence-electron chi connectivity index (χ1n) is 8.71. The number of halogens is 2. The molecule has 0 bridgehead atoms. The lowest BCUT2D eigenvalue weighted by Crippen LogP contribution is -2.28. The molecular formula is C22H19ClFNO3. The fraction of sp³-hybridized carbons (Fsp3) is 0.136. The molecule has 3 aromatic rings. The van der Waals surface area contributed by atoms with E-state index < -0.39 is 11.9 Å². The average Bonchev–Trinajstić information content (AvgIpc) is 2.71. The smallest absolute Gasteiger partial charge is 0.255 e. The summed E-state index contributed by atoms with van der Waals surface area (Å²) in [5, 5.41) is 13.5. The molecule has 0 aliphatic carbocycles. The highest BCUT2D eigenvalue weighted by atomic mass is 35.5. The standard InChI is InChI=1S/C22H19ClFNO3/c23-17-10-8-15(9-11-17)14-28-21-7-2-1-6-19(21)22(27)25-13-20(26)16-4-3-5-18(24)12-16/h1-12,20,26H,13-14H2,(H,25,27). The summed E-state index contributed by atoms with van der Waals surface area (Å²) in [6.45, 7) is 0.237. The Kier molecular flexibility index (Phi) is 6.63. The average molecular weight is 400 g/mol. The summed E-state index contributed by atoms with van der Waals surface area (Å²) in [6, 6.07) is 19.7. The zero-order valence-electron chi connectivity index (χ0n) is 14.9. The van der Waals surface area contributed by atoms with Crippen LogP contribution in [0.1, 0.15) is 27.6 Å². The minimum absolute atomic E-state index is 0.0478. The number of benzene rings is 3. The summed E-state index contributed by atoms with van der Waals surface area (Å²) >= 11 is 5.87. The van der Waals surface area contributed by atoms with Crippen molar-refractivity contribution in [3.63, 3.8) is 0 Å². The van der Waals surface area contributed by atoms with Gasteiger partial charge in [-0.25, -0.2) is 4.39 Å². The van der Waals surface area contributed by atoms with Crippen LogP contribution in [0.3, 0.4) is 0 Å². The van der Waals surface area contributed by atoms with Crippen molar-refractivity contribution in [1.29, 1.82) is 0 Å².